The van der Waals surface area contributed by atoms with Gasteiger partial charge in [0, 0.05) is 42.3 Å². The van der Waals surface area contributed by atoms with E-state index in [1.54, 1.807) is 0 Å². The molecule has 3 aromatic rings. The predicted molar refractivity (Wildman–Crippen MR) is 123 cm³/mol. The minimum atomic E-state index is -0.528. The molecule has 1 fully saturated rings. The van der Waals surface area contributed by atoms with Crippen LogP contribution in [0.15, 0.2) is 48.7 Å². The summed E-state index contributed by atoms with van der Waals surface area (Å²) in [5.41, 5.74) is 9.37. The van der Waals surface area contributed by atoms with Crippen molar-refractivity contribution in [1.82, 2.24) is 15.1 Å². The normalized spacial score (nSPS) is 14.8. The van der Waals surface area contributed by atoms with Crippen LogP contribution in [0.25, 0.3) is 10.9 Å². The highest BCUT2D eigenvalue weighted by Crippen LogP contribution is 2.22. The minimum Gasteiger partial charge on any atom is -0.368 e. The molecule has 6 nitrogen and oxygen atoms in total. The van der Waals surface area contributed by atoms with Gasteiger partial charge >= 0.3 is 0 Å². The third kappa shape index (κ3) is 5.34. The molecule has 9 heteroatoms. The molecular formula is C20H24Cl3N5O. The molecule has 0 spiro atoms. The van der Waals surface area contributed by atoms with Gasteiger partial charge in [0.2, 0.25) is 5.91 Å². The van der Waals surface area contributed by atoms with Gasteiger partial charge in [0.05, 0.1) is 17.8 Å². The molecule has 1 aliphatic heterocycles. The van der Waals surface area contributed by atoms with Gasteiger partial charge in [0.15, 0.2) is 0 Å². The molecule has 156 valence electrons. The van der Waals surface area contributed by atoms with E-state index in [1.807, 2.05) is 41.4 Å². The van der Waals surface area contributed by atoms with Crippen molar-refractivity contribution >= 4 is 58.9 Å². The zero-order valence-corrected chi connectivity index (χ0v) is 18.1. The largest absolute Gasteiger partial charge is 0.368 e. The number of anilines is 1. The topological polar surface area (TPSA) is 78.3 Å². The van der Waals surface area contributed by atoms with Crippen molar-refractivity contribution in [2.24, 2.45) is 5.73 Å². The second kappa shape index (κ2) is 10.2. The molecule has 0 bridgehead atoms. The second-order valence-corrected chi connectivity index (χ2v) is 7.33. The van der Waals surface area contributed by atoms with Crippen LogP contribution in [0.5, 0.6) is 0 Å². The van der Waals surface area contributed by atoms with Gasteiger partial charge in [-0.05, 0) is 42.3 Å². The molecular weight excluding hydrogens is 433 g/mol. The molecule has 0 aliphatic carbocycles. The van der Waals surface area contributed by atoms with Gasteiger partial charge in [0.1, 0.15) is 0 Å². The summed E-state index contributed by atoms with van der Waals surface area (Å²) in [5.74, 6) is 0.00915. The summed E-state index contributed by atoms with van der Waals surface area (Å²) in [6.45, 7) is 2.94. The summed E-state index contributed by atoms with van der Waals surface area (Å²) >= 11 is 5.91. The van der Waals surface area contributed by atoms with Crippen molar-refractivity contribution in [3.8, 4) is 0 Å². The first-order chi connectivity index (χ1) is 13.1. The Labute approximate surface area is 187 Å². The van der Waals surface area contributed by atoms with Gasteiger partial charge in [-0.15, -0.1) is 24.8 Å². The van der Waals surface area contributed by atoms with E-state index in [4.69, 9.17) is 17.3 Å². The van der Waals surface area contributed by atoms with Gasteiger partial charge in [-0.1, -0.05) is 23.7 Å². The number of piperazine rings is 1. The molecule has 1 saturated heterocycles. The molecule has 2 heterocycles. The highest BCUT2D eigenvalue weighted by Gasteiger charge is 2.25. The van der Waals surface area contributed by atoms with Crippen molar-refractivity contribution in [2.45, 2.75) is 12.5 Å². The Morgan fingerprint density at radius 2 is 1.79 bits per heavy atom. The third-order valence-electron chi connectivity index (χ3n) is 5.07. The van der Waals surface area contributed by atoms with Crippen LogP contribution in [-0.2, 0) is 11.2 Å². The summed E-state index contributed by atoms with van der Waals surface area (Å²) in [6.07, 6.45) is 2.35. The van der Waals surface area contributed by atoms with E-state index >= 15 is 0 Å². The van der Waals surface area contributed by atoms with Crippen molar-refractivity contribution in [3.63, 3.8) is 0 Å². The minimum absolute atomic E-state index is 0. The maximum absolute atomic E-state index is 12.7. The SMILES string of the molecule is Cl.Cl.N[C@H](Cc1ccc(Cl)cc1)C(=O)N1CCN(c2ccc3[nH]ncc3c2)CC1. The van der Waals surface area contributed by atoms with Crippen molar-refractivity contribution in [2.75, 3.05) is 31.1 Å². The van der Waals surface area contributed by atoms with E-state index in [0.29, 0.717) is 24.5 Å². The number of halogens is 3. The van der Waals surface area contributed by atoms with Gasteiger partial charge in [-0.25, -0.2) is 0 Å². The molecule has 0 unspecified atom stereocenters. The van der Waals surface area contributed by atoms with E-state index in [9.17, 15) is 4.79 Å². The molecule has 1 atom stereocenters. The zero-order chi connectivity index (χ0) is 18.8. The lowest BCUT2D eigenvalue weighted by Gasteiger charge is -2.37. The number of aromatic amines is 1. The number of amides is 1. The number of rotatable bonds is 4. The number of hydrogen-bond donors (Lipinski definition) is 2. The molecule has 29 heavy (non-hydrogen) atoms. The Morgan fingerprint density at radius 3 is 2.48 bits per heavy atom. The van der Waals surface area contributed by atoms with Crippen LogP contribution in [-0.4, -0.2) is 53.2 Å². The van der Waals surface area contributed by atoms with Crippen LogP contribution in [0.4, 0.5) is 5.69 Å². The van der Waals surface area contributed by atoms with E-state index in [2.05, 4.69) is 27.2 Å². The molecule has 2 aromatic carbocycles. The van der Waals surface area contributed by atoms with E-state index in [0.717, 1.165) is 35.2 Å². The molecule has 0 saturated carbocycles. The van der Waals surface area contributed by atoms with Crippen LogP contribution in [0, 0.1) is 0 Å². The Kier molecular flexibility index (Phi) is 8.16. The molecule has 0 radical (unpaired) electrons. The van der Waals surface area contributed by atoms with Crippen LogP contribution >= 0.6 is 36.4 Å². The number of nitrogens with one attached hydrogen (secondary N) is 1. The quantitative estimate of drug-likeness (QED) is 0.631. The number of nitrogens with two attached hydrogens (primary N) is 1. The van der Waals surface area contributed by atoms with E-state index < -0.39 is 6.04 Å². The molecule has 3 N–H and O–H groups in total. The fourth-order valence-corrected chi connectivity index (χ4v) is 3.63. The third-order valence-corrected chi connectivity index (χ3v) is 5.32. The lowest BCUT2D eigenvalue weighted by molar-refractivity contribution is -0.132. The monoisotopic (exact) mass is 455 g/mol. The summed E-state index contributed by atoms with van der Waals surface area (Å²) in [4.78, 5) is 16.9. The van der Waals surface area contributed by atoms with Crippen LogP contribution in [0.3, 0.4) is 0 Å². The number of fused-ring (bicyclic) bond motifs is 1. The lowest BCUT2D eigenvalue weighted by Crippen LogP contribution is -2.53. The summed E-state index contributed by atoms with van der Waals surface area (Å²) in [6, 6.07) is 13.2. The predicted octanol–water partition coefficient (Wildman–Crippen LogP) is 3.28. The van der Waals surface area contributed by atoms with E-state index in [-0.39, 0.29) is 30.7 Å². The number of carbonyl (C=O) groups excluding carboxylic acids is 1. The van der Waals surface area contributed by atoms with Crippen LogP contribution < -0.4 is 10.6 Å². The van der Waals surface area contributed by atoms with Gasteiger partial charge < -0.3 is 15.5 Å². The standard InChI is InChI=1S/C20H22ClN5O.2ClH/c21-16-3-1-14(2-4-16)11-18(22)20(27)26-9-7-25(8-10-26)17-5-6-19-15(12-17)13-23-24-19;;/h1-6,12-13,18H,7-11,22H2,(H,23,24);2*1H/t18-;;/m1../s1. The molecule has 1 aromatic heterocycles. The van der Waals surface area contributed by atoms with Crippen LogP contribution in [0.2, 0.25) is 5.02 Å². The number of benzene rings is 2. The van der Waals surface area contributed by atoms with Crippen molar-refractivity contribution < 1.29 is 4.79 Å². The van der Waals surface area contributed by atoms with Crippen molar-refractivity contribution in [3.05, 3.63) is 59.2 Å². The maximum atomic E-state index is 12.7. The number of aromatic nitrogens is 2. The van der Waals surface area contributed by atoms with Crippen molar-refractivity contribution in [1.29, 1.82) is 0 Å². The number of nitrogens with zero attached hydrogens (tertiary/aromatic N) is 3. The highest BCUT2D eigenvalue weighted by molar-refractivity contribution is 6.30. The van der Waals surface area contributed by atoms with Gasteiger partial charge in [-0.3, -0.25) is 9.89 Å². The summed E-state index contributed by atoms with van der Waals surface area (Å²) in [5, 5.41) is 8.81. The average Bonchev–Trinajstić information content (AvgIpc) is 3.17. The first kappa shape index (κ1) is 23.3. The zero-order valence-electron chi connectivity index (χ0n) is 15.8. The first-order valence-electron chi connectivity index (χ1n) is 9.07. The Bertz CT molecular complexity index is 939. The molecule has 4 rings (SSSR count). The first-order valence-corrected chi connectivity index (χ1v) is 9.45. The molecule has 1 aliphatic rings. The van der Waals surface area contributed by atoms with E-state index in [1.165, 1.54) is 0 Å². The molecule has 1 amide bonds. The number of H-pyrrole nitrogens is 1. The van der Waals surface area contributed by atoms with Gasteiger partial charge in [0.25, 0.3) is 0 Å². The second-order valence-electron chi connectivity index (χ2n) is 6.89. The lowest BCUT2D eigenvalue weighted by atomic mass is 10.1. The number of hydrogen-bond acceptors (Lipinski definition) is 4. The van der Waals surface area contributed by atoms with Gasteiger partial charge in [-0.2, -0.15) is 5.10 Å². The highest BCUT2D eigenvalue weighted by atomic mass is 35.5. The average molecular weight is 457 g/mol. The fraction of sp³-hybridized carbons (Fsp3) is 0.300. The Balaban J connectivity index is 0.00000150. The van der Waals surface area contributed by atoms with Crippen LogP contribution in [0.1, 0.15) is 5.56 Å². The summed E-state index contributed by atoms with van der Waals surface area (Å²) in [7, 11) is 0. The fourth-order valence-electron chi connectivity index (χ4n) is 3.51. The maximum Gasteiger partial charge on any atom is 0.239 e. The smallest absolute Gasteiger partial charge is 0.239 e. The number of carbonyl (C=O) groups is 1. The Morgan fingerprint density at radius 1 is 1.10 bits per heavy atom. The summed E-state index contributed by atoms with van der Waals surface area (Å²) < 4.78 is 0. The Hall–Kier alpha value is -1.99.